The second-order valence-corrected chi connectivity index (χ2v) is 6.18. The van der Waals surface area contributed by atoms with Gasteiger partial charge in [0.2, 0.25) is 0 Å². The number of hydrogen-bond acceptors (Lipinski definition) is 3. The van der Waals surface area contributed by atoms with E-state index in [-0.39, 0.29) is 0 Å². The standard InChI is InChI=1S/C15H25N3/c1-15(2,12-8-9-18(3)10-12)11-17-14-7-5-4-6-13(14)16/h4-7,12,17H,8-11,16H2,1-3H3. The molecule has 1 unspecified atom stereocenters. The molecular formula is C15H25N3. The highest BCUT2D eigenvalue weighted by Gasteiger charge is 2.33. The van der Waals surface area contributed by atoms with Gasteiger partial charge in [0, 0.05) is 13.1 Å². The number of benzene rings is 1. The molecular weight excluding hydrogens is 222 g/mol. The summed E-state index contributed by atoms with van der Waals surface area (Å²) in [6.07, 6.45) is 1.30. The molecule has 1 aliphatic heterocycles. The summed E-state index contributed by atoms with van der Waals surface area (Å²) in [5.74, 6) is 0.764. The molecule has 1 aromatic carbocycles. The maximum Gasteiger partial charge on any atom is 0.0574 e. The van der Waals surface area contributed by atoms with Crippen molar-refractivity contribution in [1.29, 1.82) is 0 Å². The number of nitrogen functional groups attached to an aromatic ring is 1. The van der Waals surface area contributed by atoms with Crippen molar-refractivity contribution in [2.75, 3.05) is 37.7 Å². The van der Waals surface area contributed by atoms with Crippen LogP contribution in [0.4, 0.5) is 11.4 Å². The first-order valence-electron chi connectivity index (χ1n) is 6.76. The van der Waals surface area contributed by atoms with E-state index in [0.29, 0.717) is 5.41 Å². The van der Waals surface area contributed by atoms with E-state index in [4.69, 9.17) is 5.73 Å². The van der Waals surface area contributed by atoms with Crippen LogP contribution >= 0.6 is 0 Å². The van der Waals surface area contributed by atoms with Gasteiger partial charge in [0.1, 0.15) is 0 Å². The fourth-order valence-corrected chi connectivity index (χ4v) is 2.70. The van der Waals surface area contributed by atoms with E-state index >= 15 is 0 Å². The zero-order chi connectivity index (χ0) is 13.2. The first-order chi connectivity index (χ1) is 8.49. The van der Waals surface area contributed by atoms with Gasteiger partial charge in [-0.3, -0.25) is 0 Å². The topological polar surface area (TPSA) is 41.3 Å². The number of para-hydroxylation sites is 2. The lowest BCUT2D eigenvalue weighted by molar-refractivity contribution is 0.231. The molecule has 0 bridgehead atoms. The van der Waals surface area contributed by atoms with Gasteiger partial charge in [-0.2, -0.15) is 0 Å². The Kier molecular flexibility index (Phi) is 3.81. The number of nitrogens with zero attached hydrogens (tertiary/aromatic N) is 1. The van der Waals surface area contributed by atoms with Crippen LogP contribution in [-0.4, -0.2) is 31.6 Å². The number of nitrogens with two attached hydrogens (primary N) is 1. The molecule has 1 atom stereocenters. The summed E-state index contributed by atoms with van der Waals surface area (Å²) in [6.45, 7) is 8.10. The normalized spacial score (nSPS) is 21.2. The smallest absolute Gasteiger partial charge is 0.0574 e. The van der Waals surface area contributed by atoms with Crippen LogP contribution in [0.5, 0.6) is 0 Å². The van der Waals surface area contributed by atoms with Gasteiger partial charge in [-0.25, -0.2) is 0 Å². The highest BCUT2D eigenvalue weighted by molar-refractivity contribution is 5.65. The average molecular weight is 247 g/mol. The highest BCUT2D eigenvalue weighted by Crippen LogP contribution is 2.34. The Labute approximate surface area is 110 Å². The van der Waals surface area contributed by atoms with E-state index in [1.165, 1.54) is 19.5 Å². The van der Waals surface area contributed by atoms with Crippen LogP contribution in [0.15, 0.2) is 24.3 Å². The van der Waals surface area contributed by atoms with Crippen molar-refractivity contribution in [2.24, 2.45) is 11.3 Å². The lowest BCUT2D eigenvalue weighted by Gasteiger charge is -2.32. The number of nitrogens with one attached hydrogen (secondary N) is 1. The van der Waals surface area contributed by atoms with Crippen LogP contribution in [0.25, 0.3) is 0 Å². The summed E-state index contributed by atoms with van der Waals surface area (Å²) in [4.78, 5) is 2.42. The summed E-state index contributed by atoms with van der Waals surface area (Å²) >= 11 is 0. The first-order valence-corrected chi connectivity index (χ1v) is 6.76. The monoisotopic (exact) mass is 247 g/mol. The second-order valence-electron chi connectivity index (χ2n) is 6.18. The first kappa shape index (κ1) is 13.2. The van der Waals surface area contributed by atoms with Crippen molar-refractivity contribution in [3.8, 4) is 0 Å². The SMILES string of the molecule is CN1CCC(C(C)(C)CNc2ccccc2N)C1. The Balaban J connectivity index is 1.95. The summed E-state index contributed by atoms with van der Waals surface area (Å²) in [5, 5.41) is 3.50. The van der Waals surface area contributed by atoms with Crippen LogP contribution in [0, 0.1) is 11.3 Å². The Morgan fingerprint density at radius 2 is 2.11 bits per heavy atom. The van der Waals surface area contributed by atoms with Crippen molar-refractivity contribution in [3.05, 3.63) is 24.3 Å². The van der Waals surface area contributed by atoms with Gasteiger partial charge >= 0.3 is 0 Å². The minimum atomic E-state index is 0.299. The molecule has 0 spiro atoms. The maximum absolute atomic E-state index is 5.95. The number of rotatable bonds is 4. The van der Waals surface area contributed by atoms with Crippen LogP contribution in [0.2, 0.25) is 0 Å². The van der Waals surface area contributed by atoms with Gasteiger partial charge < -0.3 is 16.0 Å². The third-order valence-electron chi connectivity index (χ3n) is 4.19. The predicted molar refractivity (Wildman–Crippen MR) is 78.7 cm³/mol. The van der Waals surface area contributed by atoms with Gasteiger partial charge in [-0.1, -0.05) is 26.0 Å². The molecule has 0 amide bonds. The number of hydrogen-bond donors (Lipinski definition) is 2. The Morgan fingerprint density at radius 3 is 2.72 bits per heavy atom. The molecule has 0 radical (unpaired) electrons. The van der Waals surface area contributed by atoms with E-state index in [9.17, 15) is 0 Å². The molecule has 1 heterocycles. The summed E-state index contributed by atoms with van der Waals surface area (Å²) < 4.78 is 0. The third kappa shape index (κ3) is 2.96. The molecule has 1 aromatic rings. The van der Waals surface area contributed by atoms with Crippen LogP contribution in [0.3, 0.4) is 0 Å². The van der Waals surface area contributed by atoms with E-state index in [1.54, 1.807) is 0 Å². The van der Waals surface area contributed by atoms with Gasteiger partial charge in [-0.05, 0) is 43.5 Å². The summed E-state index contributed by atoms with van der Waals surface area (Å²) in [7, 11) is 2.21. The molecule has 100 valence electrons. The van der Waals surface area contributed by atoms with Crippen molar-refractivity contribution in [2.45, 2.75) is 20.3 Å². The molecule has 1 saturated heterocycles. The minimum Gasteiger partial charge on any atom is -0.397 e. The minimum absolute atomic E-state index is 0.299. The molecule has 18 heavy (non-hydrogen) atoms. The number of anilines is 2. The molecule has 0 saturated carbocycles. The fourth-order valence-electron chi connectivity index (χ4n) is 2.70. The molecule has 3 nitrogen and oxygen atoms in total. The fraction of sp³-hybridized carbons (Fsp3) is 0.600. The lowest BCUT2D eigenvalue weighted by Crippen LogP contribution is -2.33. The van der Waals surface area contributed by atoms with E-state index < -0.39 is 0 Å². The van der Waals surface area contributed by atoms with Crippen molar-refractivity contribution in [1.82, 2.24) is 4.90 Å². The van der Waals surface area contributed by atoms with Crippen LogP contribution < -0.4 is 11.1 Å². The molecule has 0 aromatic heterocycles. The van der Waals surface area contributed by atoms with Gasteiger partial charge in [0.05, 0.1) is 11.4 Å². The zero-order valence-corrected chi connectivity index (χ0v) is 11.7. The second kappa shape index (κ2) is 5.19. The molecule has 3 N–H and O–H groups in total. The van der Waals surface area contributed by atoms with Gasteiger partial charge in [-0.15, -0.1) is 0 Å². The molecule has 1 fully saturated rings. The van der Waals surface area contributed by atoms with Crippen molar-refractivity contribution < 1.29 is 0 Å². The summed E-state index contributed by atoms with van der Waals surface area (Å²) in [5.41, 5.74) is 8.14. The highest BCUT2D eigenvalue weighted by atomic mass is 15.1. The van der Waals surface area contributed by atoms with Gasteiger partial charge in [0.25, 0.3) is 0 Å². The zero-order valence-electron chi connectivity index (χ0n) is 11.7. The van der Waals surface area contributed by atoms with E-state index in [1.807, 2.05) is 24.3 Å². The summed E-state index contributed by atoms with van der Waals surface area (Å²) in [6, 6.07) is 7.98. The average Bonchev–Trinajstić information content (AvgIpc) is 2.76. The van der Waals surface area contributed by atoms with Crippen molar-refractivity contribution in [3.63, 3.8) is 0 Å². The lowest BCUT2D eigenvalue weighted by atomic mass is 9.78. The molecule has 3 heteroatoms. The van der Waals surface area contributed by atoms with Crippen LogP contribution in [-0.2, 0) is 0 Å². The van der Waals surface area contributed by atoms with Gasteiger partial charge in [0.15, 0.2) is 0 Å². The Hall–Kier alpha value is -1.22. The molecule has 2 rings (SSSR count). The predicted octanol–water partition coefficient (Wildman–Crippen LogP) is 2.66. The molecule has 0 aliphatic carbocycles. The number of likely N-dealkylation sites (tertiary alicyclic amines) is 1. The Bertz CT molecular complexity index is 400. The largest absolute Gasteiger partial charge is 0.397 e. The quantitative estimate of drug-likeness (QED) is 0.804. The third-order valence-corrected chi connectivity index (χ3v) is 4.19. The van der Waals surface area contributed by atoms with E-state index in [2.05, 4.69) is 31.1 Å². The molecule has 1 aliphatic rings. The van der Waals surface area contributed by atoms with Crippen molar-refractivity contribution >= 4 is 11.4 Å². The Morgan fingerprint density at radius 1 is 1.39 bits per heavy atom. The maximum atomic E-state index is 5.95. The van der Waals surface area contributed by atoms with Crippen LogP contribution in [0.1, 0.15) is 20.3 Å². The van der Waals surface area contributed by atoms with E-state index in [0.717, 1.165) is 23.8 Å².